The molecule has 0 saturated heterocycles. The smallest absolute Gasteiger partial charge is 0.261 e. The van der Waals surface area contributed by atoms with Crippen molar-refractivity contribution in [3.63, 3.8) is 0 Å². The Hall–Kier alpha value is -2.00. The van der Waals surface area contributed by atoms with Crippen LogP contribution in [0.3, 0.4) is 0 Å². The molecule has 1 aromatic heterocycles. The summed E-state index contributed by atoms with van der Waals surface area (Å²) in [7, 11) is 0. The van der Waals surface area contributed by atoms with E-state index in [4.69, 9.17) is 0 Å². The number of rotatable bonds is 2. The first-order valence-electron chi connectivity index (χ1n) is 8.01. The second-order valence-corrected chi connectivity index (χ2v) is 8.04. The van der Waals surface area contributed by atoms with Crippen molar-refractivity contribution in [2.45, 2.75) is 13.5 Å². The molecule has 0 bridgehead atoms. The van der Waals surface area contributed by atoms with Gasteiger partial charge < -0.3 is 5.32 Å². The first-order chi connectivity index (χ1) is 12.5. The number of halogens is 2. The van der Waals surface area contributed by atoms with Gasteiger partial charge in [-0.25, -0.2) is 4.98 Å². The Kier molecular flexibility index (Phi) is 4.44. The highest BCUT2D eigenvalue weighted by atomic mass is 127. The molecular formula is C19H13BrIN3O2. The predicted molar refractivity (Wildman–Crippen MR) is 115 cm³/mol. The van der Waals surface area contributed by atoms with Crippen molar-refractivity contribution < 1.29 is 4.79 Å². The molecule has 1 aliphatic rings. The molecule has 0 fully saturated rings. The third-order valence-corrected chi connectivity index (χ3v) is 5.46. The van der Waals surface area contributed by atoms with E-state index in [0.717, 1.165) is 19.3 Å². The summed E-state index contributed by atoms with van der Waals surface area (Å²) in [6, 6.07) is 11.2. The van der Waals surface area contributed by atoms with Gasteiger partial charge in [0.15, 0.2) is 0 Å². The molecule has 0 radical (unpaired) electrons. The van der Waals surface area contributed by atoms with Gasteiger partial charge in [-0.05, 0) is 72.0 Å². The number of hydrogen-bond donors (Lipinski definition) is 1. The van der Waals surface area contributed by atoms with Gasteiger partial charge in [0, 0.05) is 25.8 Å². The predicted octanol–water partition coefficient (Wildman–Crippen LogP) is 4.28. The average molecular weight is 522 g/mol. The Morgan fingerprint density at radius 3 is 2.81 bits per heavy atom. The molecule has 1 amide bonds. The van der Waals surface area contributed by atoms with Crippen molar-refractivity contribution in [1.29, 1.82) is 0 Å². The van der Waals surface area contributed by atoms with Gasteiger partial charge in [0.25, 0.3) is 11.5 Å². The average Bonchev–Trinajstić information content (AvgIpc) is 2.91. The van der Waals surface area contributed by atoms with Crippen molar-refractivity contribution >= 4 is 72.7 Å². The zero-order chi connectivity index (χ0) is 18.4. The molecule has 1 N–H and O–H groups in total. The minimum atomic E-state index is -0.197. The number of carbonyl (C=O) groups is 1. The van der Waals surface area contributed by atoms with Gasteiger partial charge >= 0.3 is 0 Å². The molecule has 7 heteroatoms. The quantitative estimate of drug-likeness (QED) is 0.404. The lowest BCUT2D eigenvalue weighted by Crippen LogP contribution is -2.23. The maximum Gasteiger partial charge on any atom is 0.261 e. The van der Waals surface area contributed by atoms with Crippen LogP contribution in [0.15, 0.2) is 45.7 Å². The summed E-state index contributed by atoms with van der Waals surface area (Å²) in [4.78, 5) is 29.9. The topological polar surface area (TPSA) is 64.0 Å². The second-order valence-electron chi connectivity index (χ2n) is 5.88. The van der Waals surface area contributed by atoms with Crippen LogP contribution in [0.4, 0.5) is 5.69 Å². The number of hydrogen-bond acceptors (Lipinski definition) is 3. The van der Waals surface area contributed by atoms with Gasteiger partial charge in [-0.15, -0.1) is 0 Å². The number of benzene rings is 2. The van der Waals surface area contributed by atoms with Crippen molar-refractivity contribution in [2.24, 2.45) is 0 Å². The fourth-order valence-corrected chi connectivity index (χ4v) is 3.91. The Bertz CT molecular complexity index is 1170. The third-order valence-electron chi connectivity index (χ3n) is 4.30. The minimum absolute atomic E-state index is 0.101. The van der Waals surface area contributed by atoms with Gasteiger partial charge in [-0.1, -0.05) is 15.9 Å². The van der Waals surface area contributed by atoms with Crippen LogP contribution >= 0.6 is 38.5 Å². The number of carbonyl (C=O) groups excluding carboxylic acids is 1. The van der Waals surface area contributed by atoms with Crippen LogP contribution in [0.2, 0.25) is 0 Å². The molecule has 0 atom stereocenters. The zero-order valence-corrected chi connectivity index (χ0v) is 17.5. The van der Waals surface area contributed by atoms with Crippen LogP contribution in [-0.2, 0) is 11.3 Å². The molecule has 130 valence electrons. The summed E-state index contributed by atoms with van der Waals surface area (Å²) in [6.07, 6.45) is 1.69. The van der Waals surface area contributed by atoms with Gasteiger partial charge in [0.1, 0.15) is 5.82 Å². The summed E-state index contributed by atoms with van der Waals surface area (Å²) in [5.41, 5.74) is 2.57. The van der Waals surface area contributed by atoms with Crippen molar-refractivity contribution in [3.8, 4) is 0 Å². The Labute approximate surface area is 171 Å². The van der Waals surface area contributed by atoms with Crippen LogP contribution in [-0.4, -0.2) is 15.5 Å². The molecular weight excluding hydrogens is 509 g/mol. The summed E-state index contributed by atoms with van der Waals surface area (Å²) < 4.78 is 3.46. The second kappa shape index (κ2) is 6.62. The van der Waals surface area contributed by atoms with E-state index in [0.29, 0.717) is 28.8 Å². The van der Waals surface area contributed by atoms with E-state index in [1.54, 1.807) is 10.6 Å². The van der Waals surface area contributed by atoms with Crippen LogP contribution in [0.25, 0.3) is 22.6 Å². The zero-order valence-electron chi connectivity index (χ0n) is 13.7. The van der Waals surface area contributed by atoms with Crippen LogP contribution in [0.1, 0.15) is 18.3 Å². The van der Waals surface area contributed by atoms with Crippen LogP contribution < -0.4 is 10.9 Å². The van der Waals surface area contributed by atoms with E-state index in [1.165, 1.54) is 0 Å². The largest absolute Gasteiger partial charge is 0.321 e. The first-order valence-corrected chi connectivity index (χ1v) is 9.88. The highest BCUT2D eigenvalue weighted by molar-refractivity contribution is 14.1. The normalized spacial score (nSPS) is 14.7. The summed E-state index contributed by atoms with van der Waals surface area (Å²) in [6.45, 7) is 2.36. The summed E-state index contributed by atoms with van der Waals surface area (Å²) in [5.74, 6) is 0.280. The monoisotopic (exact) mass is 521 g/mol. The number of nitrogens with one attached hydrogen (secondary N) is 1. The lowest BCUT2D eigenvalue weighted by molar-refractivity contribution is -0.110. The number of fused-ring (bicyclic) bond motifs is 2. The van der Waals surface area contributed by atoms with Gasteiger partial charge in [0.2, 0.25) is 0 Å². The third kappa shape index (κ3) is 2.88. The minimum Gasteiger partial charge on any atom is -0.321 e. The molecule has 2 aromatic carbocycles. The molecule has 4 rings (SSSR count). The van der Waals surface area contributed by atoms with Crippen molar-refractivity contribution in [1.82, 2.24) is 9.55 Å². The van der Waals surface area contributed by atoms with Crippen molar-refractivity contribution in [3.05, 3.63) is 66.2 Å². The number of anilines is 1. The molecule has 3 aromatic rings. The summed E-state index contributed by atoms with van der Waals surface area (Å²) >= 11 is 5.62. The molecule has 26 heavy (non-hydrogen) atoms. The van der Waals surface area contributed by atoms with E-state index in [-0.39, 0.29) is 11.5 Å². The lowest BCUT2D eigenvalue weighted by atomic mass is 10.1. The summed E-state index contributed by atoms with van der Waals surface area (Å²) in [5, 5.41) is 3.43. The standard InChI is InChI=1S/C19H13BrIN3O2/c1-2-24-17(22-16-6-4-11(21)8-14(16)19(24)26)9-13-12-7-10(20)3-5-15(12)23-18(13)25/h3-9H,2H2,1H3,(H,23,25)/b13-9-. The Morgan fingerprint density at radius 1 is 1.23 bits per heavy atom. The number of amides is 1. The molecule has 0 aliphatic carbocycles. The van der Waals surface area contributed by atoms with E-state index in [1.807, 2.05) is 43.3 Å². The van der Waals surface area contributed by atoms with Gasteiger partial charge in [0.05, 0.1) is 16.5 Å². The van der Waals surface area contributed by atoms with E-state index >= 15 is 0 Å². The maximum atomic E-state index is 12.9. The van der Waals surface area contributed by atoms with Crippen LogP contribution in [0, 0.1) is 3.57 Å². The fraction of sp³-hybridized carbons (Fsp3) is 0.105. The fourth-order valence-electron chi connectivity index (χ4n) is 3.06. The highest BCUT2D eigenvalue weighted by Gasteiger charge is 2.25. The Morgan fingerprint density at radius 2 is 2.04 bits per heavy atom. The molecule has 0 unspecified atom stereocenters. The molecule has 0 saturated carbocycles. The van der Waals surface area contributed by atoms with Gasteiger partial charge in [-0.2, -0.15) is 0 Å². The van der Waals surface area contributed by atoms with Crippen molar-refractivity contribution in [2.75, 3.05) is 5.32 Å². The Balaban J connectivity index is 1.97. The highest BCUT2D eigenvalue weighted by Crippen LogP contribution is 2.34. The molecule has 2 heterocycles. The molecule has 1 aliphatic heterocycles. The molecule has 0 spiro atoms. The lowest BCUT2D eigenvalue weighted by Gasteiger charge is -2.10. The van der Waals surface area contributed by atoms with E-state index in [9.17, 15) is 9.59 Å². The SMILES string of the molecule is CCn1c(/C=C2\C(=O)Nc3ccc(Br)cc32)nc2ccc(I)cc2c1=O. The van der Waals surface area contributed by atoms with E-state index in [2.05, 4.69) is 48.8 Å². The maximum absolute atomic E-state index is 12.9. The van der Waals surface area contributed by atoms with Crippen LogP contribution in [0.5, 0.6) is 0 Å². The first kappa shape index (κ1) is 17.4. The van der Waals surface area contributed by atoms with E-state index < -0.39 is 0 Å². The molecule has 5 nitrogen and oxygen atoms in total. The number of nitrogens with zero attached hydrogens (tertiary/aromatic N) is 2. The number of aromatic nitrogens is 2. The van der Waals surface area contributed by atoms with Gasteiger partial charge in [-0.3, -0.25) is 14.2 Å².